The van der Waals surface area contributed by atoms with Crippen molar-refractivity contribution in [1.29, 1.82) is 0 Å². The molecule has 0 heterocycles. The Labute approximate surface area is 208 Å². The van der Waals surface area contributed by atoms with Crippen LogP contribution in [0.2, 0.25) is 0 Å². The van der Waals surface area contributed by atoms with Crippen molar-refractivity contribution >= 4 is 31.5 Å². The van der Waals surface area contributed by atoms with Crippen LogP contribution in [0.25, 0.3) is 0 Å². The molecule has 6 heteroatoms. The van der Waals surface area contributed by atoms with Crippen LogP contribution in [0.4, 0.5) is 0 Å². The summed E-state index contributed by atoms with van der Waals surface area (Å²) >= 11 is -0.106. The van der Waals surface area contributed by atoms with Crippen molar-refractivity contribution in [3.63, 3.8) is 0 Å². The van der Waals surface area contributed by atoms with E-state index in [4.69, 9.17) is 19.1 Å². The molecule has 2 aliphatic rings. The zero-order valence-electron chi connectivity index (χ0n) is 15.9. The molecule has 2 fully saturated rings. The van der Waals surface area contributed by atoms with Crippen LogP contribution in [0.15, 0.2) is 70.6 Å². The van der Waals surface area contributed by atoms with Gasteiger partial charge in [-0.3, -0.25) is 9.98 Å². The zero-order chi connectivity index (χ0) is 20.6. The maximum atomic E-state index is 4.81. The maximum absolute atomic E-state index is 4.81. The molecule has 2 aromatic carbocycles. The molecule has 2 aromatic rings. The third-order valence-electron chi connectivity index (χ3n) is 3.61. The summed E-state index contributed by atoms with van der Waals surface area (Å²) in [5.41, 5.74) is 2.26. The van der Waals surface area contributed by atoms with Gasteiger partial charge in [0.05, 0.1) is 12.1 Å². The second-order valence-electron chi connectivity index (χ2n) is 5.67. The number of rotatable bonds is 4. The van der Waals surface area contributed by atoms with Gasteiger partial charge in [0, 0.05) is 12.4 Å². The van der Waals surface area contributed by atoms with E-state index in [-0.39, 0.29) is 33.0 Å². The van der Waals surface area contributed by atoms with Gasteiger partial charge in [0.1, 0.15) is 0 Å². The topological polar surface area (TPSA) is 24.7 Å². The van der Waals surface area contributed by atoms with Gasteiger partial charge >= 0.3 is 52.1 Å². The Morgan fingerprint density at radius 1 is 0.567 bits per heavy atom. The van der Waals surface area contributed by atoms with Gasteiger partial charge in [-0.05, 0) is 62.5 Å². The predicted molar refractivity (Wildman–Crippen MR) is 121 cm³/mol. The van der Waals surface area contributed by atoms with Crippen molar-refractivity contribution in [2.45, 2.75) is 0 Å². The molecule has 0 amide bonds. The Morgan fingerprint density at radius 2 is 0.867 bits per heavy atom. The van der Waals surface area contributed by atoms with E-state index in [9.17, 15) is 0 Å². The average molecular weight is 570 g/mol. The first-order chi connectivity index (χ1) is 14.3. The van der Waals surface area contributed by atoms with Crippen LogP contribution in [0.5, 0.6) is 0 Å². The fourth-order valence-electron chi connectivity index (χ4n) is 2.28. The van der Waals surface area contributed by atoms with E-state index in [2.05, 4.69) is 9.98 Å². The summed E-state index contributed by atoms with van der Waals surface area (Å²) < 4.78 is 0. The quantitative estimate of drug-likeness (QED) is 0.305. The molecule has 0 aromatic heterocycles. The summed E-state index contributed by atoms with van der Waals surface area (Å²) in [4.78, 5) is 8.62. The monoisotopic (exact) mass is 568 g/mol. The Hall–Kier alpha value is -0.458. The minimum absolute atomic E-state index is 0. The number of aliphatic imine (C=N–C) groups is 2. The first-order valence-corrected chi connectivity index (χ1v) is 12.8. The molecule has 2 aliphatic carbocycles. The van der Waals surface area contributed by atoms with Gasteiger partial charge in [0.2, 0.25) is 0 Å². The summed E-state index contributed by atoms with van der Waals surface area (Å²) in [5, 5.41) is 0. The van der Waals surface area contributed by atoms with Crippen molar-refractivity contribution < 1.29 is 33.0 Å². The first-order valence-electron chi connectivity index (χ1n) is 8.76. The average Bonchev–Trinajstić information content (AvgIpc) is 3.48. The van der Waals surface area contributed by atoms with Crippen LogP contribution >= 0.6 is 19.1 Å². The van der Waals surface area contributed by atoms with Crippen molar-refractivity contribution in [2.75, 3.05) is 0 Å². The molecule has 0 unspecified atom stereocenters. The molecule has 10 radical (unpaired) electrons. The van der Waals surface area contributed by atoms with E-state index in [1.165, 1.54) is 0 Å². The van der Waals surface area contributed by atoms with E-state index in [1.807, 2.05) is 124 Å². The molecule has 30 heavy (non-hydrogen) atoms. The number of hydrogen-bond acceptors (Lipinski definition) is 2. The molecule has 0 atom stereocenters. The van der Waals surface area contributed by atoms with Crippen LogP contribution in [-0.2, 0) is 33.0 Å². The molecule has 0 aliphatic heterocycles. The van der Waals surface area contributed by atoms with Gasteiger partial charge in [0.25, 0.3) is 0 Å². The summed E-state index contributed by atoms with van der Waals surface area (Å²) in [6.45, 7) is 0. The van der Waals surface area contributed by atoms with E-state index >= 15 is 0 Å². The second-order valence-corrected chi connectivity index (χ2v) is 8.03. The van der Waals surface area contributed by atoms with Crippen LogP contribution in [0, 0.1) is 63.5 Å². The third kappa shape index (κ3) is 12.4. The Kier molecular flexibility index (Phi) is 16.7. The zero-order valence-corrected chi connectivity index (χ0v) is 20.0. The van der Waals surface area contributed by atoms with E-state index in [0.717, 1.165) is 23.2 Å². The second kappa shape index (κ2) is 18.1. The minimum atomic E-state index is -0.106. The predicted octanol–water partition coefficient (Wildman–Crippen LogP) is 6.31. The standard InChI is InChI=1S/2C12H10N.2ClH.Fe.Pd/c2*1-2-6-11(7-3-1)10-13-12-8-4-5-9-12;;;;/h2*1-10H;2*1H;;/q;;;;2*+2/p-2. The molecule has 0 saturated heterocycles. The molecule has 0 N–H and O–H groups in total. The molecular weight excluding hydrogens is 549 g/mol. The van der Waals surface area contributed by atoms with Crippen molar-refractivity contribution in [1.82, 2.24) is 0 Å². The van der Waals surface area contributed by atoms with E-state index in [0.29, 0.717) is 0 Å². The molecule has 2 saturated carbocycles. The van der Waals surface area contributed by atoms with Crippen LogP contribution < -0.4 is 0 Å². The van der Waals surface area contributed by atoms with Crippen molar-refractivity contribution in [2.24, 2.45) is 9.98 Å². The number of benzene rings is 2. The molecule has 4 rings (SSSR count). The van der Waals surface area contributed by atoms with Gasteiger partial charge in [0.15, 0.2) is 0 Å². The Balaban J connectivity index is 0.000000258. The molecule has 0 spiro atoms. The minimum Gasteiger partial charge on any atom is 2.00 e. The fourth-order valence-corrected chi connectivity index (χ4v) is 2.28. The summed E-state index contributed by atoms with van der Waals surface area (Å²) in [6, 6.07) is 22.2. The van der Waals surface area contributed by atoms with Crippen LogP contribution in [0.1, 0.15) is 11.1 Å². The van der Waals surface area contributed by atoms with Gasteiger partial charge in [-0.2, -0.15) is 0 Å². The fraction of sp³-hybridized carbons (Fsp3) is 0. The van der Waals surface area contributed by atoms with E-state index in [1.54, 1.807) is 0 Å². The van der Waals surface area contributed by atoms with Crippen LogP contribution in [0.3, 0.4) is 0 Å². The van der Waals surface area contributed by atoms with Crippen LogP contribution in [-0.4, -0.2) is 12.4 Å². The maximum Gasteiger partial charge on any atom is 2.00 e. The molecule has 156 valence electrons. The summed E-state index contributed by atoms with van der Waals surface area (Å²) in [5.74, 6) is 0. The molecule has 2 nitrogen and oxygen atoms in total. The SMILES string of the molecule is [CH]1[CH][CH][C](N=Cc2ccccc2)[CH]1.[CH]1[CH][CH][C](N=Cc2ccccc2)[CH]1.[Cl][Pd][Cl].[Fe+2]. The van der Waals surface area contributed by atoms with Gasteiger partial charge in [-0.1, -0.05) is 60.7 Å². The van der Waals surface area contributed by atoms with E-state index < -0.39 is 0 Å². The normalized spacial score (nSPS) is 16.7. The number of nitrogens with zero attached hydrogens (tertiary/aromatic N) is 2. The summed E-state index contributed by atoms with van der Waals surface area (Å²) in [7, 11) is 9.63. The van der Waals surface area contributed by atoms with Crippen molar-refractivity contribution in [3.8, 4) is 0 Å². The third-order valence-corrected chi connectivity index (χ3v) is 3.61. The first kappa shape index (κ1) is 27.6. The van der Waals surface area contributed by atoms with Gasteiger partial charge in [-0.15, -0.1) is 0 Å². The molecule has 0 bridgehead atoms. The smallest absolute Gasteiger partial charge is 2.00 e. The number of halogens is 2. The number of hydrogen-bond donors (Lipinski definition) is 0. The Morgan fingerprint density at radius 3 is 1.17 bits per heavy atom. The van der Waals surface area contributed by atoms with Crippen molar-refractivity contribution in [3.05, 3.63) is 135 Å². The Bertz CT molecular complexity index is 640. The largest absolute Gasteiger partial charge is 2.00 e. The van der Waals surface area contributed by atoms with Gasteiger partial charge < -0.3 is 0 Å². The summed E-state index contributed by atoms with van der Waals surface area (Å²) in [6.07, 6.45) is 19.6. The van der Waals surface area contributed by atoms with Gasteiger partial charge in [-0.25, -0.2) is 0 Å². The molecular formula is C24H20Cl2FeN2Pd+2.